The molecule has 4 heteroatoms. The number of halogens is 1. The van der Waals surface area contributed by atoms with Crippen LogP contribution in [0.3, 0.4) is 0 Å². The Hall–Kier alpha value is -1.13. The highest BCUT2D eigenvalue weighted by molar-refractivity contribution is 9.10. The summed E-state index contributed by atoms with van der Waals surface area (Å²) in [5.41, 5.74) is 0.714. The van der Waals surface area contributed by atoms with Gasteiger partial charge in [0.15, 0.2) is 0 Å². The number of amides is 1. The van der Waals surface area contributed by atoms with Crippen molar-refractivity contribution in [1.29, 1.82) is 0 Å². The first-order chi connectivity index (χ1) is 8.99. The van der Waals surface area contributed by atoms with Gasteiger partial charge in [-0.15, -0.1) is 11.3 Å². The van der Waals surface area contributed by atoms with Gasteiger partial charge in [-0.25, -0.2) is 0 Å². The number of nitrogens with zero attached hydrogens (tertiary/aromatic N) is 1. The predicted octanol–water partition coefficient (Wildman–Crippen LogP) is 4.65. The highest BCUT2D eigenvalue weighted by atomic mass is 79.9. The van der Waals surface area contributed by atoms with Crippen LogP contribution in [0.2, 0.25) is 0 Å². The zero-order valence-corrected chi connectivity index (χ0v) is 13.6. The van der Waals surface area contributed by atoms with Crippen LogP contribution >= 0.6 is 27.3 Å². The Labute approximate surface area is 126 Å². The molecule has 0 radical (unpaired) electrons. The maximum Gasteiger partial charge on any atom is 0.254 e. The maximum absolute atomic E-state index is 12.4. The molecule has 1 heterocycles. The van der Waals surface area contributed by atoms with Gasteiger partial charge in [0.25, 0.3) is 5.91 Å². The van der Waals surface area contributed by atoms with Crippen molar-refractivity contribution in [2.75, 3.05) is 7.05 Å². The molecule has 2 nitrogen and oxygen atoms in total. The molecule has 0 spiro atoms. The monoisotopic (exact) mass is 337 g/mol. The summed E-state index contributed by atoms with van der Waals surface area (Å²) >= 11 is 5.11. The number of hydrogen-bond donors (Lipinski definition) is 0. The molecule has 1 atom stereocenters. The SMILES string of the molecule is Cc1ccc(C(C)N(C)C(=O)c2ccc(Br)cc2)s1. The second-order valence-corrected chi connectivity index (χ2v) is 6.78. The standard InChI is InChI=1S/C15H16BrNOS/c1-10-4-9-14(19-10)11(2)17(3)15(18)12-5-7-13(16)8-6-12/h4-9,11H,1-3H3. The Kier molecular flexibility index (Phi) is 4.42. The van der Waals surface area contributed by atoms with Gasteiger partial charge in [0.2, 0.25) is 0 Å². The summed E-state index contributed by atoms with van der Waals surface area (Å²) in [6.45, 7) is 4.14. The first-order valence-corrected chi connectivity index (χ1v) is 7.69. The van der Waals surface area contributed by atoms with Gasteiger partial charge in [0, 0.05) is 26.8 Å². The molecule has 1 amide bonds. The van der Waals surface area contributed by atoms with E-state index in [1.165, 1.54) is 9.75 Å². The summed E-state index contributed by atoms with van der Waals surface area (Å²) in [5, 5.41) is 0. The van der Waals surface area contributed by atoms with Crippen LogP contribution in [0.4, 0.5) is 0 Å². The number of thiophene rings is 1. The van der Waals surface area contributed by atoms with Gasteiger partial charge in [-0.2, -0.15) is 0 Å². The van der Waals surface area contributed by atoms with Crippen molar-refractivity contribution in [3.8, 4) is 0 Å². The van der Waals surface area contributed by atoms with Crippen molar-refractivity contribution >= 4 is 33.2 Å². The Morgan fingerprint density at radius 3 is 2.37 bits per heavy atom. The lowest BCUT2D eigenvalue weighted by molar-refractivity contribution is 0.0745. The van der Waals surface area contributed by atoms with Gasteiger partial charge in [0.05, 0.1) is 6.04 Å². The zero-order valence-electron chi connectivity index (χ0n) is 11.2. The molecule has 2 aromatic rings. The minimum Gasteiger partial charge on any atom is -0.334 e. The van der Waals surface area contributed by atoms with E-state index in [-0.39, 0.29) is 11.9 Å². The minimum atomic E-state index is 0.0473. The first kappa shape index (κ1) is 14.3. The summed E-state index contributed by atoms with van der Waals surface area (Å²) in [7, 11) is 1.85. The van der Waals surface area contributed by atoms with E-state index in [2.05, 4.69) is 41.9 Å². The summed E-state index contributed by atoms with van der Waals surface area (Å²) < 4.78 is 0.980. The third kappa shape index (κ3) is 3.25. The van der Waals surface area contributed by atoms with Crippen molar-refractivity contribution in [3.63, 3.8) is 0 Å². The molecule has 2 rings (SSSR count). The molecule has 0 aliphatic rings. The van der Waals surface area contributed by atoms with Gasteiger partial charge in [0.1, 0.15) is 0 Å². The quantitative estimate of drug-likeness (QED) is 0.798. The van der Waals surface area contributed by atoms with Crippen LogP contribution in [-0.4, -0.2) is 17.9 Å². The largest absolute Gasteiger partial charge is 0.334 e. The Bertz CT molecular complexity index is 576. The maximum atomic E-state index is 12.4. The van der Waals surface area contributed by atoms with E-state index in [0.717, 1.165) is 4.47 Å². The molecule has 0 aliphatic heterocycles. The van der Waals surface area contributed by atoms with Crippen LogP contribution in [-0.2, 0) is 0 Å². The van der Waals surface area contributed by atoms with Crippen molar-refractivity contribution in [3.05, 3.63) is 56.2 Å². The average molecular weight is 338 g/mol. The third-order valence-corrected chi connectivity index (χ3v) is 4.86. The number of benzene rings is 1. The second kappa shape index (κ2) is 5.88. The van der Waals surface area contributed by atoms with Crippen LogP contribution in [0.15, 0.2) is 40.9 Å². The van der Waals surface area contributed by atoms with E-state index in [1.54, 1.807) is 16.2 Å². The zero-order chi connectivity index (χ0) is 14.0. The Balaban J connectivity index is 2.17. The molecule has 1 unspecified atom stereocenters. The van der Waals surface area contributed by atoms with Gasteiger partial charge in [-0.1, -0.05) is 15.9 Å². The molecule has 0 bridgehead atoms. The van der Waals surface area contributed by atoms with E-state index < -0.39 is 0 Å². The van der Waals surface area contributed by atoms with Crippen LogP contribution in [0.1, 0.15) is 33.1 Å². The number of carbonyl (C=O) groups is 1. The molecule has 0 aliphatic carbocycles. The fourth-order valence-corrected chi connectivity index (χ4v) is 3.08. The number of aryl methyl sites for hydroxylation is 1. The molecule has 19 heavy (non-hydrogen) atoms. The van der Waals surface area contributed by atoms with E-state index >= 15 is 0 Å². The Morgan fingerprint density at radius 2 is 1.84 bits per heavy atom. The molecule has 100 valence electrons. The van der Waals surface area contributed by atoms with Crippen LogP contribution in [0.5, 0.6) is 0 Å². The fraction of sp³-hybridized carbons (Fsp3) is 0.267. The van der Waals surface area contributed by atoms with Crippen LogP contribution in [0.25, 0.3) is 0 Å². The number of hydrogen-bond acceptors (Lipinski definition) is 2. The van der Waals surface area contributed by atoms with Crippen molar-refractivity contribution in [2.24, 2.45) is 0 Å². The topological polar surface area (TPSA) is 20.3 Å². The lowest BCUT2D eigenvalue weighted by atomic mass is 10.1. The lowest BCUT2D eigenvalue weighted by Gasteiger charge is -2.24. The lowest BCUT2D eigenvalue weighted by Crippen LogP contribution is -2.29. The summed E-state index contributed by atoms with van der Waals surface area (Å²) in [6, 6.07) is 11.7. The van der Waals surface area contributed by atoms with E-state index in [0.29, 0.717) is 5.56 Å². The van der Waals surface area contributed by atoms with E-state index in [9.17, 15) is 4.79 Å². The molecule has 1 aromatic heterocycles. The van der Waals surface area contributed by atoms with E-state index in [1.807, 2.05) is 31.3 Å². The smallest absolute Gasteiger partial charge is 0.254 e. The van der Waals surface area contributed by atoms with Crippen molar-refractivity contribution in [1.82, 2.24) is 4.90 Å². The highest BCUT2D eigenvalue weighted by Crippen LogP contribution is 2.27. The normalized spacial score (nSPS) is 12.2. The average Bonchev–Trinajstić information content (AvgIpc) is 2.84. The third-order valence-electron chi connectivity index (χ3n) is 3.17. The summed E-state index contributed by atoms with van der Waals surface area (Å²) in [5.74, 6) is 0.0473. The second-order valence-electron chi connectivity index (χ2n) is 4.55. The number of rotatable bonds is 3. The molecule has 0 saturated heterocycles. The Morgan fingerprint density at radius 1 is 1.21 bits per heavy atom. The predicted molar refractivity (Wildman–Crippen MR) is 83.7 cm³/mol. The molecule has 0 fully saturated rings. The van der Waals surface area contributed by atoms with Crippen LogP contribution in [0, 0.1) is 6.92 Å². The van der Waals surface area contributed by atoms with E-state index in [4.69, 9.17) is 0 Å². The van der Waals surface area contributed by atoms with Gasteiger partial charge < -0.3 is 4.90 Å². The summed E-state index contributed by atoms with van der Waals surface area (Å²) in [6.07, 6.45) is 0. The summed E-state index contributed by atoms with van der Waals surface area (Å²) in [4.78, 5) is 16.7. The van der Waals surface area contributed by atoms with Crippen LogP contribution < -0.4 is 0 Å². The molecule has 0 N–H and O–H groups in total. The minimum absolute atomic E-state index is 0.0473. The van der Waals surface area contributed by atoms with Gasteiger partial charge in [-0.05, 0) is 50.2 Å². The molecule has 1 aromatic carbocycles. The van der Waals surface area contributed by atoms with Crippen molar-refractivity contribution < 1.29 is 4.79 Å². The molecular formula is C15H16BrNOS. The highest BCUT2D eigenvalue weighted by Gasteiger charge is 2.19. The molecule has 0 saturated carbocycles. The van der Waals surface area contributed by atoms with Crippen molar-refractivity contribution in [2.45, 2.75) is 19.9 Å². The molecular weight excluding hydrogens is 322 g/mol. The first-order valence-electron chi connectivity index (χ1n) is 6.08. The number of carbonyl (C=O) groups excluding carboxylic acids is 1. The van der Waals surface area contributed by atoms with Gasteiger partial charge >= 0.3 is 0 Å². The van der Waals surface area contributed by atoms with Gasteiger partial charge in [-0.3, -0.25) is 4.79 Å². The fourth-order valence-electron chi connectivity index (χ4n) is 1.84.